The van der Waals surface area contributed by atoms with Crippen molar-refractivity contribution in [2.45, 2.75) is 83.2 Å². The molecule has 0 unspecified atom stereocenters. The summed E-state index contributed by atoms with van der Waals surface area (Å²) in [5, 5.41) is 2.75. The number of nitrogens with one attached hydrogen (secondary N) is 1. The van der Waals surface area contributed by atoms with Crippen molar-refractivity contribution in [3.05, 3.63) is 59.8 Å². The van der Waals surface area contributed by atoms with Crippen LogP contribution in [0.1, 0.15) is 64.0 Å². The third-order valence-corrected chi connectivity index (χ3v) is 15.1. The smallest absolute Gasteiger partial charge is 0.137 e. The molecular weight excluding hydrogens is 446 g/mol. The Hall–Kier alpha value is -1.95. The van der Waals surface area contributed by atoms with E-state index < -0.39 is 8.07 Å². The number of hydrogen-bond donors (Lipinski definition) is 1. The van der Waals surface area contributed by atoms with E-state index in [1.807, 2.05) is 6.20 Å². The van der Waals surface area contributed by atoms with Crippen molar-refractivity contribution in [1.29, 1.82) is 0 Å². The highest BCUT2D eigenvalue weighted by Gasteiger charge is 2.43. The monoisotopic (exact) mass is 489 g/mol. The molecule has 2 fully saturated rings. The molecule has 2 aliphatic rings. The Kier molecular flexibility index (Phi) is 7.47. The highest BCUT2D eigenvalue weighted by molar-refractivity contribution is 6.91. The summed E-state index contributed by atoms with van der Waals surface area (Å²) in [7, 11) is -1.56. The van der Waals surface area contributed by atoms with Gasteiger partial charge in [0, 0.05) is 47.7 Å². The minimum absolute atomic E-state index is 0.250. The van der Waals surface area contributed by atoms with Crippen LogP contribution < -0.4 is 5.32 Å². The van der Waals surface area contributed by atoms with E-state index in [0.29, 0.717) is 12.5 Å². The average Bonchev–Trinajstić information content (AvgIpc) is 3.25. The van der Waals surface area contributed by atoms with Crippen molar-refractivity contribution in [2.75, 3.05) is 19.7 Å². The van der Waals surface area contributed by atoms with Crippen LogP contribution in [0, 0.1) is 5.92 Å². The summed E-state index contributed by atoms with van der Waals surface area (Å²) in [5.74, 6) is 0.658. The van der Waals surface area contributed by atoms with Gasteiger partial charge in [-0.3, -0.25) is 4.90 Å². The van der Waals surface area contributed by atoms with Crippen LogP contribution >= 0.6 is 0 Å². The predicted molar refractivity (Wildman–Crippen MR) is 149 cm³/mol. The van der Waals surface area contributed by atoms with Gasteiger partial charge >= 0.3 is 0 Å². The van der Waals surface area contributed by atoms with Crippen LogP contribution in [0.2, 0.25) is 18.1 Å². The van der Waals surface area contributed by atoms with Gasteiger partial charge in [0.05, 0.1) is 6.61 Å². The maximum Gasteiger partial charge on any atom is 0.137 e. The van der Waals surface area contributed by atoms with Crippen LogP contribution in [0.4, 0.5) is 0 Å². The van der Waals surface area contributed by atoms with Crippen LogP contribution in [0.5, 0.6) is 0 Å². The van der Waals surface area contributed by atoms with Gasteiger partial charge in [-0.05, 0) is 55.7 Å². The van der Waals surface area contributed by atoms with Gasteiger partial charge in [0.25, 0.3) is 0 Å². The lowest BCUT2D eigenvalue weighted by molar-refractivity contribution is -0.0266. The summed E-state index contributed by atoms with van der Waals surface area (Å²) < 4.78 is 6.53. The first-order valence-corrected chi connectivity index (χ1v) is 16.6. The second-order valence-electron chi connectivity index (χ2n) is 10.9. The molecule has 0 amide bonds. The Morgan fingerprint density at radius 1 is 1.00 bits per heavy atom. The number of hydrogen-bond acceptors (Lipinski definition) is 3. The SMILES string of the molecule is CC[Si](CC)(CC)c1[nH]c2ncccc2c1COCC1CCC(c2ccccc2)(N2CCC2)CC1. The number of fused-ring (bicyclic) bond motifs is 1. The van der Waals surface area contributed by atoms with Gasteiger partial charge < -0.3 is 9.72 Å². The highest BCUT2D eigenvalue weighted by atomic mass is 28.3. The Morgan fingerprint density at radius 2 is 1.71 bits per heavy atom. The molecule has 3 aromatic rings. The van der Waals surface area contributed by atoms with Crippen LogP contribution in [-0.4, -0.2) is 42.6 Å². The van der Waals surface area contributed by atoms with Gasteiger partial charge in [0.2, 0.25) is 0 Å². The molecule has 0 bridgehead atoms. The molecule has 5 rings (SSSR count). The lowest BCUT2D eigenvalue weighted by Gasteiger charge is -2.52. The number of H-pyrrole nitrogens is 1. The molecule has 1 aliphatic heterocycles. The number of nitrogens with zero attached hydrogens (tertiary/aromatic N) is 2. The van der Waals surface area contributed by atoms with Gasteiger partial charge in [-0.1, -0.05) is 69.2 Å². The number of likely N-dealkylation sites (tertiary alicyclic amines) is 1. The molecule has 5 heteroatoms. The third kappa shape index (κ3) is 4.52. The van der Waals surface area contributed by atoms with E-state index in [1.54, 1.807) is 0 Å². The van der Waals surface area contributed by atoms with Gasteiger partial charge in [-0.25, -0.2) is 4.98 Å². The minimum atomic E-state index is -1.56. The summed E-state index contributed by atoms with van der Waals surface area (Å²) in [6.07, 6.45) is 8.27. The molecule has 1 saturated carbocycles. The summed E-state index contributed by atoms with van der Waals surface area (Å²) in [6.45, 7) is 11.2. The van der Waals surface area contributed by atoms with Crippen LogP contribution in [0.25, 0.3) is 11.0 Å². The third-order valence-electron chi connectivity index (χ3n) is 9.54. The van der Waals surface area contributed by atoms with Gasteiger partial charge in [0.15, 0.2) is 0 Å². The Balaban J connectivity index is 1.27. The minimum Gasteiger partial charge on any atom is -0.376 e. The van der Waals surface area contributed by atoms with Crippen molar-refractivity contribution < 1.29 is 4.74 Å². The molecule has 2 aromatic heterocycles. The lowest BCUT2D eigenvalue weighted by atomic mass is 9.71. The van der Waals surface area contributed by atoms with E-state index in [9.17, 15) is 0 Å². The van der Waals surface area contributed by atoms with E-state index in [2.05, 4.69) is 78.1 Å². The van der Waals surface area contributed by atoms with Gasteiger partial charge in [-0.2, -0.15) is 0 Å². The second kappa shape index (κ2) is 10.6. The second-order valence-corrected chi connectivity index (χ2v) is 16.1. The number of aromatic amines is 1. The van der Waals surface area contributed by atoms with E-state index in [0.717, 1.165) is 12.3 Å². The maximum atomic E-state index is 6.53. The van der Waals surface area contributed by atoms with Crippen LogP contribution in [0.3, 0.4) is 0 Å². The normalized spacial score (nSPS) is 23.5. The fraction of sp³-hybridized carbons (Fsp3) is 0.567. The number of pyridine rings is 1. The largest absolute Gasteiger partial charge is 0.376 e. The van der Waals surface area contributed by atoms with E-state index >= 15 is 0 Å². The van der Waals surface area contributed by atoms with E-state index in [-0.39, 0.29) is 5.54 Å². The maximum absolute atomic E-state index is 6.53. The van der Waals surface area contributed by atoms with Crippen LogP contribution in [0.15, 0.2) is 48.7 Å². The van der Waals surface area contributed by atoms with E-state index in [4.69, 9.17) is 4.74 Å². The molecule has 0 spiro atoms. The van der Waals surface area contributed by atoms with Crippen molar-refractivity contribution in [1.82, 2.24) is 14.9 Å². The molecule has 1 saturated heterocycles. The highest BCUT2D eigenvalue weighted by Crippen LogP contribution is 2.46. The molecule has 1 N–H and O–H groups in total. The fourth-order valence-corrected chi connectivity index (χ4v) is 10.7. The van der Waals surface area contributed by atoms with Gasteiger partial charge in [0.1, 0.15) is 13.7 Å². The first-order chi connectivity index (χ1) is 17.2. The molecule has 0 atom stereocenters. The Labute approximate surface area is 212 Å². The van der Waals surface area contributed by atoms with Crippen molar-refractivity contribution in [3.8, 4) is 0 Å². The number of benzene rings is 1. The van der Waals surface area contributed by atoms with Crippen molar-refractivity contribution in [2.24, 2.45) is 5.92 Å². The Morgan fingerprint density at radius 3 is 2.34 bits per heavy atom. The first kappa shape index (κ1) is 24.7. The molecule has 3 heterocycles. The summed E-state index contributed by atoms with van der Waals surface area (Å²) >= 11 is 0. The molecule has 1 aliphatic carbocycles. The predicted octanol–water partition coefficient (Wildman–Crippen LogP) is 6.59. The average molecular weight is 490 g/mol. The lowest BCUT2D eigenvalue weighted by Crippen LogP contribution is -2.54. The standard InChI is InChI=1S/C30H43N3OSi/c1-4-35(5-2,6-3)29-27(26-14-10-19-31-28(26)32-29)23-34-22-24-15-17-30(18-16-24,33-20-11-21-33)25-12-8-7-9-13-25/h7-10,12-14,19,24H,4-6,11,15-18,20-23H2,1-3H3,(H,31,32). The molecule has 1 aromatic carbocycles. The number of ether oxygens (including phenoxy) is 1. The molecule has 188 valence electrons. The fourth-order valence-electron chi connectivity index (χ4n) is 6.89. The summed E-state index contributed by atoms with van der Waals surface area (Å²) in [5.41, 5.74) is 4.20. The Bertz CT molecular complexity index is 1090. The van der Waals surface area contributed by atoms with Crippen LogP contribution in [-0.2, 0) is 16.9 Å². The van der Waals surface area contributed by atoms with Gasteiger partial charge in [-0.15, -0.1) is 0 Å². The topological polar surface area (TPSA) is 41.1 Å². The van der Waals surface area contributed by atoms with Crippen molar-refractivity contribution >= 4 is 24.4 Å². The molecule has 35 heavy (non-hydrogen) atoms. The molecule has 0 radical (unpaired) electrons. The first-order valence-electron chi connectivity index (χ1n) is 14.0. The summed E-state index contributed by atoms with van der Waals surface area (Å²) in [6, 6.07) is 19.4. The zero-order valence-electron chi connectivity index (χ0n) is 22.0. The van der Waals surface area contributed by atoms with E-state index in [1.165, 1.54) is 85.2 Å². The molecule has 4 nitrogen and oxygen atoms in total. The van der Waals surface area contributed by atoms with Crippen molar-refractivity contribution in [3.63, 3.8) is 0 Å². The zero-order valence-corrected chi connectivity index (χ0v) is 23.0. The summed E-state index contributed by atoms with van der Waals surface area (Å²) in [4.78, 5) is 11.2. The molecular formula is C30H43N3OSi. The number of aromatic nitrogens is 2. The number of rotatable bonds is 10. The quantitative estimate of drug-likeness (QED) is 0.327. The zero-order chi connectivity index (χ0) is 24.3.